The zero-order valence-corrected chi connectivity index (χ0v) is 11.0. The fourth-order valence-corrected chi connectivity index (χ4v) is 1.68. The molecule has 0 aliphatic carbocycles. The van der Waals surface area contributed by atoms with Crippen LogP contribution in [0, 0.1) is 0 Å². The molecule has 106 valence electrons. The van der Waals surface area contributed by atoms with Gasteiger partial charge < -0.3 is 30.5 Å². The van der Waals surface area contributed by atoms with Crippen LogP contribution in [-0.2, 0) is 4.74 Å². The number of ether oxygens (including phenoxy) is 1. The number of hydrogen-bond donors (Lipinski definition) is 6. The van der Waals surface area contributed by atoms with E-state index in [1.165, 1.54) is 5.01 Å². The lowest BCUT2D eigenvalue weighted by molar-refractivity contribution is -0.243. The van der Waals surface area contributed by atoms with Crippen LogP contribution < -0.4 is 10.7 Å². The maximum Gasteiger partial charge on any atom is 0.183 e. The van der Waals surface area contributed by atoms with E-state index >= 15 is 0 Å². The molecule has 1 heterocycles. The highest BCUT2D eigenvalue weighted by Crippen LogP contribution is 2.19. The number of aliphatic hydroxyl groups is 4. The van der Waals surface area contributed by atoms with Crippen LogP contribution >= 0.6 is 12.2 Å². The Balaban J connectivity index is 2.67. The molecule has 9 heteroatoms. The second kappa shape index (κ2) is 6.57. The lowest BCUT2D eigenvalue weighted by atomic mass is 9.99. The molecule has 0 aromatic rings. The molecule has 1 fully saturated rings. The van der Waals surface area contributed by atoms with Gasteiger partial charge in [-0.1, -0.05) is 0 Å². The molecule has 1 rings (SSSR count). The Morgan fingerprint density at radius 3 is 2.39 bits per heavy atom. The molecule has 1 saturated heterocycles. The van der Waals surface area contributed by atoms with Crippen molar-refractivity contribution in [2.75, 3.05) is 20.7 Å². The van der Waals surface area contributed by atoms with Crippen LogP contribution in [0.5, 0.6) is 0 Å². The first-order chi connectivity index (χ1) is 8.42. The Morgan fingerprint density at radius 2 is 1.89 bits per heavy atom. The van der Waals surface area contributed by atoms with Crippen LogP contribution in [-0.4, -0.2) is 81.9 Å². The van der Waals surface area contributed by atoms with Crippen LogP contribution in [0.15, 0.2) is 0 Å². The summed E-state index contributed by atoms with van der Waals surface area (Å²) in [5, 5.41) is 42.4. The van der Waals surface area contributed by atoms with E-state index in [1.807, 2.05) is 0 Å². The molecule has 0 aromatic heterocycles. The number of thiocarbonyl (C=S) groups is 1. The lowest BCUT2D eigenvalue weighted by Crippen LogP contribution is -2.65. The minimum atomic E-state index is -1.41. The molecule has 6 N–H and O–H groups in total. The van der Waals surface area contributed by atoms with E-state index in [9.17, 15) is 15.3 Å². The van der Waals surface area contributed by atoms with Gasteiger partial charge in [0.2, 0.25) is 0 Å². The molecule has 1 aliphatic rings. The van der Waals surface area contributed by atoms with Gasteiger partial charge in [-0.15, -0.1) is 0 Å². The van der Waals surface area contributed by atoms with Gasteiger partial charge in [0.25, 0.3) is 0 Å². The summed E-state index contributed by atoms with van der Waals surface area (Å²) in [5.41, 5.74) is 2.71. The first-order valence-electron chi connectivity index (χ1n) is 5.44. The largest absolute Gasteiger partial charge is 0.394 e. The first kappa shape index (κ1) is 15.5. The third kappa shape index (κ3) is 3.26. The summed E-state index contributed by atoms with van der Waals surface area (Å²) >= 11 is 4.95. The van der Waals surface area contributed by atoms with Crippen molar-refractivity contribution >= 4 is 17.3 Å². The van der Waals surface area contributed by atoms with Crippen LogP contribution in [0.4, 0.5) is 0 Å². The molecule has 5 atom stereocenters. The fourth-order valence-electron chi connectivity index (χ4n) is 1.63. The highest BCUT2D eigenvalue weighted by atomic mass is 32.1. The minimum absolute atomic E-state index is 0.354. The quantitative estimate of drug-likeness (QED) is 0.234. The second-order valence-corrected chi connectivity index (χ2v) is 4.38. The van der Waals surface area contributed by atoms with Gasteiger partial charge in [0.05, 0.1) is 6.61 Å². The van der Waals surface area contributed by atoms with Crippen molar-refractivity contribution in [3.63, 3.8) is 0 Å². The molecular formula is C9H19N3O5S. The smallest absolute Gasteiger partial charge is 0.183 e. The summed E-state index contributed by atoms with van der Waals surface area (Å²) in [6, 6.07) is 0. The molecular weight excluding hydrogens is 262 g/mol. The van der Waals surface area contributed by atoms with Gasteiger partial charge in [-0.05, 0) is 12.2 Å². The maximum absolute atomic E-state index is 9.76. The molecule has 0 unspecified atom stereocenters. The molecule has 18 heavy (non-hydrogen) atoms. The summed E-state index contributed by atoms with van der Waals surface area (Å²) in [4.78, 5) is 0. The molecule has 8 nitrogen and oxygen atoms in total. The number of hydrazine groups is 1. The number of rotatable bonds is 3. The number of nitrogens with one attached hydrogen (secondary N) is 2. The molecule has 0 aromatic carbocycles. The Bertz CT molecular complexity index is 293. The summed E-state index contributed by atoms with van der Waals surface area (Å²) in [5.74, 6) is 0. The van der Waals surface area contributed by atoms with Gasteiger partial charge in [0.1, 0.15) is 24.4 Å². The van der Waals surface area contributed by atoms with Crippen molar-refractivity contribution < 1.29 is 25.2 Å². The average molecular weight is 281 g/mol. The van der Waals surface area contributed by atoms with Crippen LogP contribution in [0.2, 0.25) is 0 Å². The normalized spacial score (nSPS) is 36.2. The van der Waals surface area contributed by atoms with Crippen LogP contribution in [0.25, 0.3) is 0 Å². The third-order valence-corrected chi connectivity index (χ3v) is 3.21. The maximum atomic E-state index is 9.76. The van der Waals surface area contributed by atoms with E-state index in [1.54, 1.807) is 14.1 Å². The number of nitrogens with zero attached hydrogens (tertiary/aromatic N) is 1. The van der Waals surface area contributed by atoms with E-state index in [4.69, 9.17) is 22.1 Å². The number of hydrogen-bond acceptors (Lipinski definition) is 7. The van der Waals surface area contributed by atoms with Crippen molar-refractivity contribution in [2.45, 2.75) is 30.6 Å². The summed E-state index contributed by atoms with van der Waals surface area (Å²) in [6.07, 6.45) is -6.06. The average Bonchev–Trinajstić information content (AvgIpc) is 2.38. The Labute approximate surface area is 110 Å². The van der Waals surface area contributed by atoms with Crippen molar-refractivity contribution in [3.05, 3.63) is 0 Å². The third-order valence-electron chi connectivity index (χ3n) is 2.73. The summed E-state index contributed by atoms with van der Waals surface area (Å²) in [7, 11) is 3.23. The summed E-state index contributed by atoms with van der Waals surface area (Å²) < 4.78 is 5.25. The Morgan fingerprint density at radius 1 is 1.28 bits per heavy atom. The van der Waals surface area contributed by atoms with Gasteiger partial charge in [-0.2, -0.15) is 0 Å². The zero-order valence-electron chi connectivity index (χ0n) is 10.1. The monoisotopic (exact) mass is 281 g/mol. The van der Waals surface area contributed by atoms with Crippen molar-refractivity contribution in [3.8, 4) is 0 Å². The second-order valence-electron chi connectivity index (χ2n) is 3.99. The number of aliphatic hydroxyl groups excluding tert-OH is 4. The van der Waals surface area contributed by atoms with Crippen molar-refractivity contribution in [2.24, 2.45) is 0 Å². The predicted octanol–water partition coefficient (Wildman–Crippen LogP) is -3.27. The van der Waals surface area contributed by atoms with E-state index in [0.717, 1.165) is 0 Å². The van der Waals surface area contributed by atoms with Gasteiger partial charge in [0, 0.05) is 14.1 Å². The van der Waals surface area contributed by atoms with Crippen molar-refractivity contribution in [1.82, 2.24) is 15.8 Å². The van der Waals surface area contributed by atoms with E-state index in [-0.39, 0.29) is 0 Å². The molecule has 0 bridgehead atoms. The van der Waals surface area contributed by atoms with Gasteiger partial charge in [-0.3, -0.25) is 5.01 Å². The molecule has 1 aliphatic heterocycles. The van der Waals surface area contributed by atoms with E-state index in [0.29, 0.717) is 5.11 Å². The molecule has 0 radical (unpaired) electrons. The first-order valence-corrected chi connectivity index (χ1v) is 5.85. The lowest BCUT2D eigenvalue weighted by Gasteiger charge is -2.41. The molecule has 0 amide bonds. The highest BCUT2D eigenvalue weighted by molar-refractivity contribution is 7.80. The van der Waals surface area contributed by atoms with Crippen molar-refractivity contribution in [1.29, 1.82) is 0 Å². The topological polar surface area (TPSA) is 117 Å². The SMILES string of the molecule is CNC(=S)N(C)N[C@@H]1O[C@H](CO)[C@H](O)[C@H](O)[C@@H]1O. The fraction of sp³-hybridized carbons (Fsp3) is 0.889. The van der Waals surface area contributed by atoms with Gasteiger partial charge in [-0.25, -0.2) is 5.43 Å². The predicted molar refractivity (Wildman–Crippen MR) is 66.3 cm³/mol. The zero-order chi connectivity index (χ0) is 13.9. The van der Waals surface area contributed by atoms with Gasteiger partial charge in [0.15, 0.2) is 11.3 Å². The highest BCUT2D eigenvalue weighted by Gasteiger charge is 2.43. The molecule has 0 spiro atoms. The van der Waals surface area contributed by atoms with Gasteiger partial charge >= 0.3 is 0 Å². The summed E-state index contributed by atoms with van der Waals surface area (Å²) in [6.45, 7) is -0.469. The van der Waals surface area contributed by atoms with E-state index in [2.05, 4.69) is 10.7 Å². The van der Waals surface area contributed by atoms with Crippen LogP contribution in [0.1, 0.15) is 0 Å². The van der Waals surface area contributed by atoms with Crippen LogP contribution in [0.3, 0.4) is 0 Å². The minimum Gasteiger partial charge on any atom is -0.394 e. The Kier molecular flexibility index (Phi) is 5.66. The Hall–Kier alpha value is -0.550. The molecule has 0 saturated carbocycles. The standard InChI is InChI=1S/C9H19N3O5S/c1-10-9(18)12(2)11-8-7(16)6(15)5(14)4(3-13)17-8/h4-8,11,13-16H,3H2,1-2H3,(H,10,18)/t4-,5+,6+,7+,8-/m1/s1. The van der Waals surface area contributed by atoms with E-state index < -0.39 is 37.3 Å².